The Morgan fingerprint density at radius 1 is 1.16 bits per heavy atom. The molecule has 0 aliphatic heterocycles. The molecule has 3 rings (SSSR count). The topological polar surface area (TPSA) is 130 Å². The van der Waals surface area contributed by atoms with E-state index in [1.807, 2.05) is 0 Å². The Morgan fingerprint density at radius 3 is 2.32 bits per heavy atom. The van der Waals surface area contributed by atoms with Crippen molar-refractivity contribution in [3.05, 3.63) is 67.7 Å². The molecule has 0 radical (unpaired) electrons. The number of amides is 2. The van der Waals surface area contributed by atoms with Gasteiger partial charge < -0.3 is 10.2 Å². The van der Waals surface area contributed by atoms with Crippen LogP contribution in [0, 0.1) is 17.0 Å². The van der Waals surface area contributed by atoms with Crippen molar-refractivity contribution in [2.75, 3.05) is 17.1 Å². The molecule has 0 bridgehead atoms. The Hall–Kier alpha value is -2.89. The van der Waals surface area contributed by atoms with E-state index in [0.717, 1.165) is 42.3 Å². The van der Waals surface area contributed by atoms with Crippen LogP contribution in [-0.2, 0) is 26.2 Å². The number of halogens is 2. The maximum absolute atomic E-state index is 13.7. The number of rotatable bonds is 10. The molecule has 2 aromatic carbocycles. The van der Waals surface area contributed by atoms with Gasteiger partial charge in [0.15, 0.2) is 0 Å². The number of sulfonamides is 1. The predicted octanol–water partition coefficient (Wildman–Crippen LogP) is 4.45. The number of aryl methyl sites for hydroxylation is 1. The van der Waals surface area contributed by atoms with Crippen molar-refractivity contribution >= 4 is 56.4 Å². The van der Waals surface area contributed by atoms with Crippen molar-refractivity contribution in [2.45, 2.75) is 58.2 Å². The Labute approximate surface area is 232 Å². The van der Waals surface area contributed by atoms with Crippen LogP contribution in [0.2, 0.25) is 10.0 Å². The summed E-state index contributed by atoms with van der Waals surface area (Å²) in [5.41, 5.74) is 0.494. The molecule has 0 heterocycles. The first-order valence-corrected chi connectivity index (χ1v) is 14.7. The summed E-state index contributed by atoms with van der Waals surface area (Å²) in [5.74, 6) is -1.09. The Morgan fingerprint density at radius 2 is 1.76 bits per heavy atom. The minimum absolute atomic E-state index is 0.00541. The number of benzene rings is 2. The van der Waals surface area contributed by atoms with Gasteiger partial charge in [0.1, 0.15) is 12.6 Å². The molecule has 10 nitrogen and oxygen atoms in total. The zero-order chi connectivity index (χ0) is 28.2. The number of nitrogens with zero attached hydrogens (tertiary/aromatic N) is 3. The van der Waals surface area contributed by atoms with Crippen LogP contribution in [0.5, 0.6) is 0 Å². The highest BCUT2D eigenvalue weighted by Gasteiger charge is 2.33. The quantitative estimate of drug-likeness (QED) is 0.324. The number of nitrogens with one attached hydrogen (secondary N) is 1. The maximum atomic E-state index is 13.7. The number of non-ortho nitro benzene ring substituents is 1. The lowest BCUT2D eigenvalue weighted by molar-refractivity contribution is -0.384. The normalized spacial score (nSPS) is 14.7. The van der Waals surface area contributed by atoms with Crippen LogP contribution in [0.15, 0.2) is 36.4 Å². The third-order valence-electron chi connectivity index (χ3n) is 6.61. The monoisotopic (exact) mass is 584 g/mol. The van der Waals surface area contributed by atoms with Gasteiger partial charge in [-0.2, -0.15) is 0 Å². The summed E-state index contributed by atoms with van der Waals surface area (Å²) in [5, 5.41) is 14.9. The number of hydrogen-bond acceptors (Lipinski definition) is 6. The summed E-state index contributed by atoms with van der Waals surface area (Å²) in [6.07, 6.45) is 4.60. The van der Waals surface area contributed by atoms with Crippen molar-refractivity contribution < 1.29 is 22.9 Å². The molecule has 1 saturated carbocycles. The van der Waals surface area contributed by atoms with E-state index in [0.29, 0.717) is 11.1 Å². The highest BCUT2D eigenvalue weighted by atomic mass is 35.5. The predicted molar refractivity (Wildman–Crippen MR) is 147 cm³/mol. The van der Waals surface area contributed by atoms with Gasteiger partial charge in [-0.15, -0.1) is 0 Å². The summed E-state index contributed by atoms with van der Waals surface area (Å²) in [6.45, 7) is 2.29. The molecule has 1 aliphatic carbocycles. The van der Waals surface area contributed by atoms with E-state index < -0.39 is 33.4 Å². The molecule has 206 valence electrons. The third-order valence-corrected chi connectivity index (χ3v) is 8.45. The highest BCUT2D eigenvalue weighted by Crippen LogP contribution is 2.30. The second-order valence-electron chi connectivity index (χ2n) is 9.39. The highest BCUT2D eigenvalue weighted by molar-refractivity contribution is 7.92. The molecule has 0 spiro atoms. The lowest BCUT2D eigenvalue weighted by Crippen LogP contribution is -2.52. The molecule has 2 amide bonds. The molecule has 1 unspecified atom stereocenters. The van der Waals surface area contributed by atoms with Crippen LogP contribution in [0.4, 0.5) is 11.4 Å². The number of anilines is 1. The van der Waals surface area contributed by atoms with Crippen molar-refractivity contribution in [1.82, 2.24) is 10.2 Å². The standard InChI is InChI=1S/C25H30Cl2N4O6S/c1-16-11-12-19(31(34)35)13-23(16)30(38(3,36)37)15-24(32)29(14-20-21(26)9-6-10-22(20)27)17(2)25(33)28-18-7-4-5-8-18/h6,9-13,17-18H,4-5,7-8,14-15H2,1-3H3,(H,28,33). The van der Waals surface area contributed by atoms with Crippen molar-refractivity contribution in [3.63, 3.8) is 0 Å². The Balaban J connectivity index is 1.99. The molecule has 1 aliphatic rings. The SMILES string of the molecule is Cc1ccc([N+](=O)[O-])cc1N(CC(=O)N(Cc1c(Cl)cccc1Cl)C(C)C(=O)NC1CCCC1)S(C)(=O)=O. The van der Waals surface area contributed by atoms with Crippen molar-refractivity contribution in [3.8, 4) is 0 Å². The minimum atomic E-state index is -4.05. The van der Waals surface area contributed by atoms with Gasteiger partial charge in [0.05, 0.1) is 16.9 Å². The van der Waals surface area contributed by atoms with E-state index in [1.165, 1.54) is 17.0 Å². The maximum Gasteiger partial charge on any atom is 0.271 e. The molecular weight excluding hydrogens is 555 g/mol. The van der Waals surface area contributed by atoms with Gasteiger partial charge in [-0.1, -0.05) is 48.2 Å². The van der Waals surface area contributed by atoms with E-state index >= 15 is 0 Å². The molecule has 2 aromatic rings. The van der Waals surface area contributed by atoms with Gasteiger partial charge in [0, 0.05) is 40.3 Å². The second-order valence-corrected chi connectivity index (χ2v) is 12.1. The average Bonchev–Trinajstić information content (AvgIpc) is 3.34. The molecule has 0 aromatic heterocycles. The van der Waals surface area contributed by atoms with Crippen LogP contribution < -0.4 is 9.62 Å². The largest absolute Gasteiger partial charge is 0.352 e. The first-order valence-electron chi connectivity index (χ1n) is 12.0. The minimum Gasteiger partial charge on any atom is -0.352 e. The molecule has 1 atom stereocenters. The fraction of sp³-hybridized carbons (Fsp3) is 0.440. The lowest BCUT2D eigenvalue weighted by atomic mass is 10.1. The van der Waals surface area contributed by atoms with Gasteiger partial charge in [-0.05, 0) is 44.4 Å². The Kier molecular flexibility index (Phi) is 9.61. The van der Waals surface area contributed by atoms with E-state index in [1.54, 1.807) is 32.0 Å². The smallest absolute Gasteiger partial charge is 0.271 e. The zero-order valence-corrected chi connectivity index (χ0v) is 23.6. The molecule has 1 fully saturated rings. The number of hydrogen-bond donors (Lipinski definition) is 1. The van der Waals surface area contributed by atoms with Gasteiger partial charge >= 0.3 is 0 Å². The summed E-state index contributed by atoms with van der Waals surface area (Å²) in [6, 6.07) is 7.64. The van der Waals surface area contributed by atoms with E-state index in [-0.39, 0.29) is 39.9 Å². The molecule has 38 heavy (non-hydrogen) atoms. The van der Waals surface area contributed by atoms with Crippen molar-refractivity contribution in [1.29, 1.82) is 0 Å². The fourth-order valence-corrected chi connectivity index (χ4v) is 5.82. The van der Waals surface area contributed by atoms with Crippen LogP contribution >= 0.6 is 23.2 Å². The molecule has 0 saturated heterocycles. The lowest BCUT2D eigenvalue weighted by Gasteiger charge is -2.32. The fourth-order valence-electron chi connectivity index (χ4n) is 4.40. The van der Waals surface area contributed by atoms with E-state index in [9.17, 15) is 28.1 Å². The van der Waals surface area contributed by atoms with E-state index in [4.69, 9.17) is 23.2 Å². The summed E-state index contributed by atoms with van der Waals surface area (Å²) in [7, 11) is -4.05. The molecule has 13 heteroatoms. The summed E-state index contributed by atoms with van der Waals surface area (Å²) < 4.78 is 26.4. The third kappa shape index (κ3) is 7.15. The van der Waals surface area contributed by atoms with Gasteiger partial charge in [-0.25, -0.2) is 8.42 Å². The summed E-state index contributed by atoms with van der Waals surface area (Å²) in [4.78, 5) is 38.8. The van der Waals surface area contributed by atoms with Crippen molar-refractivity contribution in [2.24, 2.45) is 0 Å². The molecule has 1 N–H and O–H groups in total. The summed E-state index contributed by atoms with van der Waals surface area (Å²) >= 11 is 12.7. The Bertz CT molecular complexity index is 1310. The first-order chi connectivity index (χ1) is 17.8. The molecular formula is C25H30Cl2N4O6S. The zero-order valence-electron chi connectivity index (χ0n) is 21.3. The van der Waals surface area contributed by atoms with Crippen LogP contribution in [0.1, 0.15) is 43.7 Å². The number of carbonyl (C=O) groups is 2. The van der Waals surface area contributed by atoms with Gasteiger partial charge in [0.25, 0.3) is 5.69 Å². The van der Waals surface area contributed by atoms with Gasteiger partial charge in [0.2, 0.25) is 21.8 Å². The second kappa shape index (κ2) is 12.3. The van der Waals surface area contributed by atoms with Crippen LogP contribution in [0.3, 0.4) is 0 Å². The average molecular weight is 586 g/mol. The van der Waals surface area contributed by atoms with E-state index in [2.05, 4.69) is 5.32 Å². The van der Waals surface area contributed by atoms with Crippen LogP contribution in [-0.4, -0.2) is 54.9 Å². The number of nitro groups is 1. The first kappa shape index (κ1) is 29.7. The number of carbonyl (C=O) groups excluding carboxylic acids is 2. The van der Waals surface area contributed by atoms with Gasteiger partial charge in [-0.3, -0.25) is 24.0 Å². The number of nitro benzene ring substituents is 1. The van der Waals surface area contributed by atoms with Crippen LogP contribution in [0.25, 0.3) is 0 Å².